The Bertz CT molecular complexity index is 983. The van der Waals surface area contributed by atoms with Gasteiger partial charge in [0.2, 0.25) is 10.0 Å². The highest BCUT2D eigenvalue weighted by Gasteiger charge is 2.29. The minimum atomic E-state index is -3.20. The average molecular weight is 332 g/mol. The molecule has 23 heavy (non-hydrogen) atoms. The van der Waals surface area contributed by atoms with Crippen LogP contribution in [0.25, 0.3) is 21.9 Å². The van der Waals surface area contributed by atoms with Gasteiger partial charge >= 0.3 is 0 Å². The maximum absolute atomic E-state index is 11.9. The van der Waals surface area contributed by atoms with Gasteiger partial charge in [-0.3, -0.25) is 0 Å². The van der Waals surface area contributed by atoms with Crippen LogP contribution in [0.4, 0.5) is 0 Å². The molecule has 0 bridgehead atoms. The van der Waals surface area contributed by atoms with Crippen molar-refractivity contribution < 1.29 is 8.42 Å². The van der Waals surface area contributed by atoms with E-state index in [0.29, 0.717) is 24.3 Å². The van der Waals surface area contributed by atoms with Crippen LogP contribution in [0.3, 0.4) is 0 Å². The number of fused-ring (bicyclic) bond motifs is 3. The Kier molecular flexibility index (Phi) is 3.27. The first-order valence-electron chi connectivity index (χ1n) is 7.44. The molecule has 0 radical (unpaired) electrons. The number of rotatable bonds is 2. The van der Waals surface area contributed by atoms with E-state index in [1.54, 1.807) is 6.20 Å². The molecule has 120 valence electrons. The Balaban J connectivity index is 1.86. The lowest BCUT2D eigenvalue weighted by Gasteiger charge is -2.30. The van der Waals surface area contributed by atoms with Crippen LogP contribution in [-0.4, -0.2) is 57.4 Å². The average Bonchev–Trinajstić information content (AvgIpc) is 3.02. The molecule has 0 saturated carbocycles. The summed E-state index contributed by atoms with van der Waals surface area (Å²) in [5.41, 5.74) is 2.18. The van der Waals surface area contributed by atoms with Gasteiger partial charge in [0.1, 0.15) is 5.52 Å². The Labute approximate surface area is 133 Å². The van der Waals surface area contributed by atoms with Gasteiger partial charge in [0, 0.05) is 36.0 Å². The molecular weight excluding hydrogens is 316 g/mol. The van der Waals surface area contributed by atoms with Crippen LogP contribution in [-0.2, 0) is 10.0 Å². The zero-order valence-electron chi connectivity index (χ0n) is 12.6. The molecule has 1 aliphatic heterocycles. The fraction of sp³-hybridized carbons (Fsp3) is 0.429. The first kappa shape index (κ1) is 14.5. The second-order valence-corrected chi connectivity index (χ2v) is 7.87. The highest BCUT2D eigenvalue weighted by Crippen LogP contribution is 2.33. The minimum absolute atomic E-state index is 0.0111. The van der Waals surface area contributed by atoms with Crippen molar-refractivity contribution in [2.45, 2.75) is 18.8 Å². The zero-order valence-corrected chi connectivity index (χ0v) is 13.4. The second-order valence-electron chi connectivity index (χ2n) is 5.89. The molecule has 0 aliphatic carbocycles. The fourth-order valence-electron chi connectivity index (χ4n) is 3.24. The third kappa shape index (κ3) is 2.45. The largest absolute Gasteiger partial charge is 0.345 e. The summed E-state index contributed by atoms with van der Waals surface area (Å²) in [6, 6.07) is 1.94. The number of nitrogens with zero attached hydrogens (tertiary/aromatic N) is 5. The summed E-state index contributed by atoms with van der Waals surface area (Å²) in [4.78, 5) is 3.05. The third-order valence-corrected chi connectivity index (χ3v) is 5.62. The molecule has 8 nitrogen and oxygen atoms in total. The normalized spacial score (nSPS) is 20.3. The summed E-state index contributed by atoms with van der Waals surface area (Å²) < 4.78 is 25.2. The van der Waals surface area contributed by atoms with Crippen LogP contribution in [0.1, 0.15) is 24.5 Å². The fourth-order valence-corrected chi connectivity index (χ4v) is 4.16. The lowest BCUT2D eigenvalue weighted by Crippen LogP contribution is -2.38. The maximum atomic E-state index is 11.9. The topological polar surface area (TPSA) is 105 Å². The lowest BCUT2D eigenvalue weighted by atomic mass is 9.93. The Morgan fingerprint density at radius 2 is 2.17 bits per heavy atom. The van der Waals surface area contributed by atoms with Gasteiger partial charge in [-0.15, -0.1) is 10.2 Å². The highest BCUT2D eigenvalue weighted by atomic mass is 32.2. The second kappa shape index (κ2) is 5.20. The number of H-pyrrole nitrogens is 1. The molecule has 0 spiro atoms. The van der Waals surface area contributed by atoms with Crippen LogP contribution >= 0.6 is 0 Å². The number of sulfonamides is 1. The molecule has 1 fully saturated rings. The van der Waals surface area contributed by atoms with Crippen LogP contribution in [0.2, 0.25) is 0 Å². The van der Waals surface area contributed by atoms with Crippen molar-refractivity contribution in [2.24, 2.45) is 0 Å². The molecule has 9 heteroatoms. The molecule has 3 aromatic heterocycles. The van der Waals surface area contributed by atoms with Crippen LogP contribution in [0.5, 0.6) is 0 Å². The monoisotopic (exact) mass is 332 g/mol. The molecule has 1 unspecified atom stereocenters. The van der Waals surface area contributed by atoms with E-state index in [2.05, 4.69) is 25.4 Å². The van der Waals surface area contributed by atoms with E-state index in [1.807, 2.05) is 12.3 Å². The predicted molar refractivity (Wildman–Crippen MR) is 85.4 cm³/mol. The van der Waals surface area contributed by atoms with Gasteiger partial charge in [-0.25, -0.2) is 12.7 Å². The molecule has 1 atom stereocenters. The molecular formula is C14H16N6O2S. The number of hydrogen-bond donors (Lipinski definition) is 1. The van der Waals surface area contributed by atoms with Crippen LogP contribution < -0.4 is 0 Å². The molecule has 1 N–H and O–H groups in total. The minimum Gasteiger partial charge on any atom is -0.345 e. The van der Waals surface area contributed by atoms with Crippen molar-refractivity contribution in [2.75, 3.05) is 19.3 Å². The number of piperidine rings is 1. The number of aromatic nitrogens is 5. The van der Waals surface area contributed by atoms with Crippen molar-refractivity contribution in [3.63, 3.8) is 0 Å². The maximum Gasteiger partial charge on any atom is 0.211 e. The summed E-state index contributed by atoms with van der Waals surface area (Å²) in [5.74, 6) is 0.0111. The lowest BCUT2D eigenvalue weighted by molar-refractivity contribution is 0.315. The first-order valence-corrected chi connectivity index (χ1v) is 9.29. The SMILES string of the molecule is CS(=O)(=O)N1CCCC(c2nncc3nnc4[nH]ccc4c23)C1. The third-order valence-electron chi connectivity index (χ3n) is 4.35. The van der Waals surface area contributed by atoms with Gasteiger partial charge in [-0.1, -0.05) is 0 Å². The van der Waals surface area contributed by atoms with Crippen molar-refractivity contribution in [3.8, 4) is 0 Å². The van der Waals surface area contributed by atoms with E-state index >= 15 is 0 Å². The van der Waals surface area contributed by atoms with E-state index < -0.39 is 10.0 Å². The molecule has 3 aromatic rings. The van der Waals surface area contributed by atoms with Gasteiger partial charge < -0.3 is 4.98 Å². The van der Waals surface area contributed by atoms with E-state index in [1.165, 1.54) is 10.6 Å². The summed E-state index contributed by atoms with van der Waals surface area (Å²) in [7, 11) is -3.20. The van der Waals surface area contributed by atoms with Gasteiger partial charge in [-0.2, -0.15) is 10.2 Å². The van der Waals surface area contributed by atoms with Crippen molar-refractivity contribution >= 4 is 32.0 Å². The van der Waals surface area contributed by atoms with Crippen LogP contribution in [0.15, 0.2) is 18.5 Å². The molecule has 0 amide bonds. The van der Waals surface area contributed by atoms with E-state index in [-0.39, 0.29) is 5.92 Å². The molecule has 4 heterocycles. The van der Waals surface area contributed by atoms with Gasteiger partial charge in [-0.05, 0) is 18.9 Å². The number of nitrogens with one attached hydrogen (secondary N) is 1. The number of hydrogen-bond acceptors (Lipinski definition) is 6. The van der Waals surface area contributed by atoms with E-state index in [9.17, 15) is 8.42 Å². The molecule has 4 rings (SSSR count). The Hall–Kier alpha value is -2.13. The van der Waals surface area contributed by atoms with Crippen molar-refractivity contribution in [1.82, 2.24) is 29.7 Å². The van der Waals surface area contributed by atoms with E-state index in [0.717, 1.165) is 29.3 Å². The zero-order chi connectivity index (χ0) is 16.0. The van der Waals surface area contributed by atoms with E-state index in [4.69, 9.17) is 0 Å². The van der Waals surface area contributed by atoms with Crippen molar-refractivity contribution in [1.29, 1.82) is 0 Å². The van der Waals surface area contributed by atoms with Gasteiger partial charge in [0.05, 0.1) is 18.1 Å². The summed E-state index contributed by atoms with van der Waals surface area (Å²) in [6.45, 7) is 0.994. The molecule has 1 aliphatic rings. The van der Waals surface area contributed by atoms with Crippen LogP contribution in [0, 0.1) is 0 Å². The smallest absolute Gasteiger partial charge is 0.211 e. The first-order chi connectivity index (χ1) is 11.0. The summed E-state index contributed by atoms with van der Waals surface area (Å²) >= 11 is 0. The summed E-state index contributed by atoms with van der Waals surface area (Å²) in [5, 5.41) is 18.5. The predicted octanol–water partition coefficient (Wildman–Crippen LogP) is 1.04. The molecule has 0 aromatic carbocycles. The highest BCUT2D eigenvalue weighted by molar-refractivity contribution is 7.88. The number of aromatic amines is 1. The van der Waals surface area contributed by atoms with Gasteiger partial charge in [0.25, 0.3) is 0 Å². The standard InChI is InChI=1S/C14H16N6O2S/c1-23(21,22)20-6-2-3-9(8-20)13-12-10-4-5-15-14(10)19-17-11(12)7-16-18-13/h4-5,7,9H,2-3,6,8H2,1H3,(H,15,19). The Morgan fingerprint density at radius 3 is 3.00 bits per heavy atom. The summed E-state index contributed by atoms with van der Waals surface area (Å²) in [6.07, 6.45) is 6.35. The van der Waals surface area contributed by atoms with Gasteiger partial charge in [0.15, 0.2) is 5.65 Å². The Morgan fingerprint density at radius 1 is 1.30 bits per heavy atom. The van der Waals surface area contributed by atoms with Crippen molar-refractivity contribution in [3.05, 3.63) is 24.2 Å². The quantitative estimate of drug-likeness (QED) is 0.752. The molecule has 1 saturated heterocycles.